The minimum Gasteiger partial charge on any atom is -0.462 e. The van der Waals surface area contributed by atoms with Gasteiger partial charge in [0.25, 0.3) is 0 Å². The van der Waals surface area contributed by atoms with Gasteiger partial charge >= 0.3 is 5.97 Å². The van der Waals surface area contributed by atoms with Crippen LogP contribution < -0.4 is 0 Å². The van der Waals surface area contributed by atoms with Gasteiger partial charge < -0.3 is 4.74 Å². The van der Waals surface area contributed by atoms with Gasteiger partial charge in [-0.05, 0) is 38.5 Å². The minimum absolute atomic E-state index is 0.301. The maximum Gasteiger partial charge on any atom is 0.350 e. The number of ether oxygens (including phenoxy) is 1. The van der Waals surface area contributed by atoms with Gasteiger partial charge in [-0.15, -0.1) is 11.3 Å². The maximum absolute atomic E-state index is 12.0. The first-order valence-electron chi connectivity index (χ1n) is 5.94. The highest BCUT2D eigenvalue weighted by Crippen LogP contribution is 2.32. The highest BCUT2D eigenvalue weighted by Gasteiger charge is 2.20. The average Bonchev–Trinajstić information content (AvgIpc) is 2.71. The first-order chi connectivity index (χ1) is 9.02. The molecule has 1 heterocycles. The summed E-state index contributed by atoms with van der Waals surface area (Å²) in [5, 5.41) is 0.861. The van der Waals surface area contributed by atoms with Crippen molar-refractivity contribution < 1.29 is 9.53 Å². The molecule has 0 aliphatic heterocycles. The van der Waals surface area contributed by atoms with Crippen LogP contribution in [0.3, 0.4) is 0 Å². The molecule has 0 fully saturated rings. The van der Waals surface area contributed by atoms with E-state index >= 15 is 0 Å². The summed E-state index contributed by atoms with van der Waals surface area (Å²) in [5.41, 5.74) is 2.76. The van der Waals surface area contributed by atoms with Gasteiger partial charge in [-0.1, -0.05) is 22.0 Å². The first kappa shape index (κ1) is 14.2. The molecule has 0 aliphatic carbocycles. The Labute approximate surface area is 124 Å². The van der Waals surface area contributed by atoms with Gasteiger partial charge in [-0.2, -0.15) is 0 Å². The standard InChI is InChI=1S/C14H14BrNO2S/c1-4-18-14(17)13-12(16-9(3)19-13)11-6-5-10(15)7-8(11)2/h5-7H,4H2,1-3H3. The zero-order valence-electron chi connectivity index (χ0n) is 11.0. The van der Waals surface area contributed by atoms with Crippen LogP contribution in [0.25, 0.3) is 11.3 Å². The third-order valence-corrected chi connectivity index (χ3v) is 4.08. The highest BCUT2D eigenvalue weighted by molar-refractivity contribution is 9.10. The molecule has 0 atom stereocenters. The molecule has 0 radical (unpaired) electrons. The number of benzene rings is 1. The first-order valence-corrected chi connectivity index (χ1v) is 7.55. The van der Waals surface area contributed by atoms with E-state index in [9.17, 15) is 4.79 Å². The maximum atomic E-state index is 12.0. The molecule has 0 spiro atoms. The van der Waals surface area contributed by atoms with Gasteiger partial charge in [0.1, 0.15) is 4.88 Å². The minimum atomic E-state index is -0.301. The summed E-state index contributed by atoms with van der Waals surface area (Å²) in [6, 6.07) is 5.93. The summed E-state index contributed by atoms with van der Waals surface area (Å²) in [6.07, 6.45) is 0. The summed E-state index contributed by atoms with van der Waals surface area (Å²) in [4.78, 5) is 17.0. The van der Waals surface area contributed by atoms with Crippen LogP contribution in [-0.4, -0.2) is 17.6 Å². The van der Waals surface area contributed by atoms with Gasteiger partial charge in [0.05, 0.1) is 17.3 Å². The number of aryl methyl sites for hydroxylation is 2. The Kier molecular flexibility index (Phi) is 4.37. The van der Waals surface area contributed by atoms with E-state index in [0.29, 0.717) is 17.2 Å². The number of thiazole rings is 1. The van der Waals surface area contributed by atoms with E-state index < -0.39 is 0 Å². The van der Waals surface area contributed by atoms with Crippen molar-refractivity contribution in [2.24, 2.45) is 0 Å². The molecular formula is C14H14BrNO2S. The van der Waals surface area contributed by atoms with Crippen molar-refractivity contribution in [3.63, 3.8) is 0 Å². The van der Waals surface area contributed by atoms with Gasteiger partial charge in [0.2, 0.25) is 0 Å². The summed E-state index contributed by atoms with van der Waals surface area (Å²) >= 11 is 4.81. The predicted octanol–water partition coefficient (Wildman–Crippen LogP) is 4.37. The van der Waals surface area contributed by atoms with Crippen LogP contribution >= 0.6 is 27.3 Å². The number of nitrogens with zero attached hydrogens (tertiary/aromatic N) is 1. The van der Waals surface area contributed by atoms with Crippen LogP contribution in [0.1, 0.15) is 27.2 Å². The SMILES string of the molecule is CCOC(=O)c1sc(C)nc1-c1ccc(Br)cc1C. The third-order valence-electron chi connectivity index (χ3n) is 2.64. The van der Waals surface area contributed by atoms with Crippen LogP contribution in [0.5, 0.6) is 0 Å². The Morgan fingerprint density at radius 1 is 1.42 bits per heavy atom. The lowest BCUT2D eigenvalue weighted by atomic mass is 10.1. The van der Waals surface area contributed by atoms with Gasteiger partial charge in [-0.3, -0.25) is 0 Å². The summed E-state index contributed by atoms with van der Waals surface area (Å²) in [6.45, 7) is 6.07. The lowest BCUT2D eigenvalue weighted by Crippen LogP contribution is -2.04. The Bertz CT molecular complexity index is 622. The van der Waals surface area contributed by atoms with E-state index in [2.05, 4.69) is 20.9 Å². The van der Waals surface area contributed by atoms with Crippen molar-refractivity contribution >= 4 is 33.2 Å². The number of hydrogen-bond acceptors (Lipinski definition) is 4. The molecule has 0 bridgehead atoms. The lowest BCUT2D eigenvalue weighted by Gasteiger charge is -2.06. The van der Waals surface area contributed by atoms with Crippen LogP contribution in [-0.2, 0) is 4.74 Å². The van der Waals surface area contributed by atoms with E-state index in [1.54, 1.807) is 6.92 Å². The van der Waals surface area contributed by atoms with Crippen molar-refractivity contribution in [2.45, 2.75) is 20.8 Å². The number of halogens is 1. The highest BCUT2D eigenvalue weighted by atomic mass is 79.9. The molecule has 0 saturated carbocycles. The van der Waals surface area contributed by atoms with E-state index in [1.165, 1.54) is 11.3 Å². The molecule has 0 unspecified atom stereocenters. The molecule has 19 heavy (non-hydrogen) atoms. The second-order valence-corrected chi connectivity index (χ2v) is 6.21. The van der Waals surface area contributed by atoms with Crippen molar-refractivity contribution in [1.29, 1.82) is 0 Å². The average molecular weight is 340 g/mol. The van der Waals surface area contributed by atoms with Crippen molar-refractivity contribution in [2.75, 3.05) is 6.61 Å². The molecule has 3 nitrogen and oxygen atoms in total. The largest absolute Gasteiger partial charge is 0.462 e. The topological polar surface area (TPSA) is 39.2 Å². The van der Waals surface area contributed by atoms with Crippen LogP contribution in [0.15, 0.2) is 22.7 Å². The molecule has 1 aromatic heterocycles. The Hall–Kier alpha value is -1.20. The van der Waals surface area contributed by atoms with Crippen molar-refractivity contribution in [3.8, 4) is 11.3 Å². The number of hydrogen-bond donors (Lipinski definition) is 0. The smallest absolute Gasteiger partial charge is 0.350 e. The Morgan fingerprint density at radius 2 is 2.16 bits per heavy atom. The predicted molar refractivity (Wildman–Crippen MR) is 80.7 cm³/mol. The molecule has 1 aromatic carbocycles. The molecule has 5 heteroatoms. The van der Waals surface area contributed by atoms with E-state index in [0.717, 1.165) is 20.6 Å². The van der Waals surface area contributed by atoms with E-state index in [1.807, 2.05) is 32.0 Å². The van der Waals surface area contributed by atoms with Gasteiger partial charge in [0, 0.05) is 10.0 Å². The lowest BCUT2D eigenvalue weighted by molar-refractivity contribution is 0.0532. The number of rotatable bonds is 3. The summed E-state index contributed by atoms with van der Waals surface area (Å²) in [7, 11) is 0. The molecule has 100 valence electrons. The zero-order valence-corrected chi connectivity index (χ0v) is 13.4. The summed E-state index contributed by atoms with van der Waals surface area (Å²) in [5.74, 6) is -0.301. The fourth-order valence-electron chi connectivity index (χ4n) is 1.84. The number of aromatic nitrogens is 1. The van der Waals surface area contributed by atoms with Crippen molar-refractivity contribution in [3.05, 3.63) is 38.1 Å². The quantitative estimate of drug-likeness (QED) is 0.779. The van der Waals surface area contributed by atoms with Crippen LogP contribution in [0, 0.1) is 13.8 Å². The fourth-order valence-corrected chi connectivity index (χ4v) is 3.14. The number of carbonyl (C=O) groups is 1. The Morgan fingerprint density at radius 3 is 2.79 bits per heavy atom. The third kappa shape index (κ3) is 3.04. The Balaban J connectivity index is 2.52. The van der Waals surface area contributed by atoms with E-state index in [4.69, 9.17) is 4.74 Å². The van der Waals surface area contributed by atoms with Crippen LogP contribution in [0.2, 0.25) is 0 Å². The molecule has 2 rings (SSSR count). The molecule has 2 aromatic rings. The zero-order chi connectivity index (χ0) is 14.0. The molecule has 0 N–H and O–H groups in total. The number of esters is 1. The summed E-state index contributed by atoms with van der Waals surface area (Å²) < 4.78 is 6.10. The van der Waals surface area contributed by atoms with Gasteiger partial charge in [-0.25, -0.2) is 9.78 Å². The normalized spacial score (nSPS) is 10.5. The monoisotopic (exact) mass is 339 g/mol. The molecule has 0 aliphatic rings. The second-order valence-electron chi connectivity index (χ2n) is 4.09. The van der Waals surface area contributed by atoms with Gasteiger partial charge in [0.15, 0.2) is 0 Å². The second kappa shape index (κ2) is 5.84. The van der Waals surface area contributed by atoms with E-state index in [-0.39, 0.29) is 5.97 Å². The molecule has 0 amide bonds. The number of carbonyl (C=O) groups excluding carboxylic acids is 1. The molecular weight excluding hydrogens is 326 g/mol. The fraction of sp³-hybridized carbons (Fsp3) is 0.286. The van der Waals surface area contributed by atoms with Crippen molar-refractivity contribution in [1.82, 2.24) is 4.98 Å². The van der Waals surface area contributed by atoms with Crippen LogP contribution in [0.4, 0.5) is 0 Å². The molecule has 0 saturated heterocycles.